The number of ketones is 1. The summed E-state index contributed by atoms with van der Waals surface area (Å²) in [5, 5.41) is 1.16. The lowest BCUT2D eigenvalue weighted by molar-refractivity contribution is 0.102. The SMILES string of the molecule is Br.CC(=O)c1sc(C2CCN(C)CC2)nc1C. The molecule has 5 heteroatoms. The van der Waals surface area contributed by atoms with E-state index in [2.05, 4.69) is 16.9 Å². The Labute approximate surface area is 117 Å². The Morgan fingerprint density at radius 1 is 1.41 bits per heavy atom. The number of aromatic nitrogens is 1. The lowest BCUT2D eigenvalue weighted by Gasteiger charge is -2.27. The van der Waals surface area contributed by atoms with Crippen molar-refractivity contribution in [2.24, 2.45) is 0 Å². The molecule has 0 unspecified atom stereocenters. The Morgan fingerprint density at radius 3 is 2.47 bits per heavy atom. The number of rotatable bonds is 2. The second-order valence-corrected chi connectivity index (χ2v) is 5.63. The first-order valence-corrected chi connectivity index (χ1v) is 6.56. The van der Waals surface area contributed by atoms with E-state index in [1.54, 1.807) is 18.3 Å². The average molecular weight is 319 g/mol. The largest absolute Gasteiger partial charge is 0.306 e. The van der Waals surface area contributed by atoms with Gasteiger partial charge in [-0.05, 0) is 39.9 Å². The molecule has 3 nitrogen and oxygen atoms in total. The summed E-state index contributed by atoms with van der Waals surface area (Å²) in [4.78, 5) is 19.1. The highest BCUT2D eigenvalue weighted by atomic mass is 79.9. The van der Waals surface area contributed by atoms with Crippen LogP contribution < -0.4 is 0 Å². The Hall–Kier alpha value is -0.260. The van der Waals surface area contributed by atoms with Crippen LogP contribution in [0.15, 0.2) is 0 Å². The van der Waals surface area contributed by atoms with E-state index >= 15 is 0 Å². The number of aryl methyl sites for hydroxylation is 1. The minimum atomic E-state index is 0. The van der Waals surface area contributed by atoms with Gasteiger partial charge in [0.1, 0.15) is 0 Å². The van der Waals surface area contributed by atoms with Gasteiger partial charge in [0.2, 0.25) is 0 Å². The molecular weight excluding hydrogens is 300 g/mol. The van der Waals surface area contributed by atoms with E-state index in [0.717, 1.165) is 28.7 Å². The van der Waals surface area contributed by atoms with Gasteiger partial charge in [-0.1, -0.05) is 0 Å². The number of halogens is 1. The standard InChI is InChI=1S/C12H18N2OS.BrH/c1-8-11(9(2)15)16-12(13-8)10-4-6-14(3)7-5-10;/h10H,4-7H2,1-3H3;1H. The fourth-order valence-electron chi connectivity index (χ4n) is 2.17. The zero-order chi connectivity index (χ0) is 11.7. The lowest BCUT2D eigenvalue weighted by Crippen LogP contribution is -2.29. The van der Waals surface area contributed by atoms with E-state index in [0.29, 0.717) is 5.92 Å². The lowest BCUT2D eigenvalue weighted by atomic mass is 9.98. The molecule has 1 aromatic heterocycles. The summed E-state index contributed by atoms with van der Waals surface area (Å²) in [5.74, 6) is 0.710. The summed E-state index contributed by atoms with van der Waals surface area (Å²) < 4.78 is 0. The maximum absolute atomic E-state index is 11.4. The Bertz CT molecular complexity index is 397. The number of hydrogen-bond donors (Lipinski definition) is 0. The minimum absolute atomic E-state index is 0. The number of hydrogen-bond acceptors (Lipinski definition) is 4. The summed E-state index contributed by atoms with van der Waals surface area (Å²) in [5.41, 5.74) is 0.909. The molecule has 0 aromatic carbocycles. The van der Waals surface area contributed by atoms with Gasteiger partial charge in [0.15, 0.2) is 5.78 Å². The highest BCUT2D eigenvalue weighted by Crippen LogP contribution is 2.32. The zero-order valence-corrected chi connectivity index (χ0v) is 13.1. The Morgan fingerprint density at radius 2 is 2.00 bits per heavy atom. The third-order valence-corrected chi connectivity index (χ3v) is 4.62. The molecule has 2 rings (SSSR count). The second kappa shape index (κ2) is 6.07. The molecule has 0 atom stereocenters. The van der Waals surface area contributed by atoms with Gasteiger partial charge in [-0.3, -0.25) is 4.79 Å². The molecule has 0 saturated carbocycles. The number of likely N-dealkylation sites (tertiary alicyclic amines) is 1. The van der Waals surface area contributed by atoms with E-state index in [-0.39, 0.29) is 22.8 Å². The van der Waals surface area contributed by atoms with Gasteiger partial charge in [0.05, 0.1) is 15.6 Å². The van der Waals surface area contributed by atoms with Gasteiger partial charge in [0.25, 0.3) is 0 Å². The first-order chi connectivity index (χ1) is 7.58. The third-order valence-electron chi connectivity index (χ3n) is 3.20. The van der Waals surface area contributed by atoms with Crippen LogP contribution in [0.4, 0.5) is 0 Å². The van der Waals surface area contributed by atoms with Crippen molar-refractivity contribution < 1.29 is 4.79 Å². The van der Waals surface area contributed by atoms with Crippen LogP contribution in [-0.4, -0.2) is 35.8 Å². The van der Waals surface area contributed by atoms with Crippen molar-refractivity contribution in [1.29, 1.82) is 0 Å². The molecule has 96 valence electrons. The predicted molar refractivity (Wildman–Crippen MR) is 76.6 cm³/mol. The Balaban J connectivity index is 0.00000144. The molecule has 1 aliphatic rings. The number of carbonyl (C=O) groups excluding carboxylic acids is 1. The van der Waals surface area contributed by atoms with Crippen LogP contribution in [0.2, 0.25) is 0 Å². The number of thiazole rings is 1. The van der Waals surface area contributed by atoms with Crippen molar-refractivity contribution in [2.75, 3.05) is 20.1 Å². The summed E-state index contributed by atoms with van der Waals surface area (Å²) in [6.07, 6.45) is 2.33. The fourth-order valence-corrected chi connectivity index (χ4v) is 3.31. The molecule has 0 N–H and O–H groups in total. The zero-order valence-electron chi connectivity index (χ0n) is 10.5. The summed E-state index contributed by atoms with van der Waals surface area (Å²) in [6, 6.07) is 0. The quantitative estimate of drug-likeness (QED) is 0.786. The van der Waals surface area contributed by atoms with Crippen LogP contribution in [0.3, 0.4) is 0 Å². The first kappa shape index (κ1) is 14.8. The monoisotopic (exact) mass is 318 g/mol. The third kappa shape index (κ3) is 3.36. The number of Topliss-reactive ketones (excluding diaryl/α,β-unsaturated/α-hetero) is 1. The molecule has 1 fully saturated rings. The van der Waals surface area contributed by atoms with Crippen LogP contribution in [-0.2, 0) is 0 Å². The van der Waals surface area contributed by atoms with Crippen molar-refractivity contribution in [1.82, 2.24) is 9.88 Å². The van der Waals surface area contributed by atoms with Crippen molar-refractivity contribution in [3.05, 3.63) is 15.6 Å². The van der Waals surface area contributed by atoms with E-state index in [9.17, 15) is 4.79 Å². The molecule has 1 aliphatic heterocycles. The number of piperidine rings is 1. The minimum Gasteiger partial charge on any atom is -0.306 e. The molecule has 1 saturated heterocycles. The second-order valence-electron chi connectivity index (χ2n) is 4.60. The van der Waals surface area contributed by atoms with Gasteiger partial charge in [0, 0.05) is 12.8 Å². The summed E-state index contributed by atoms with van der Waals surface area (Å²) in [7, 11) is 2.16. The van der Waals surface area contributed by atoms with Crippen LogP contribution >= 0.6 is 28.3 Å². The highest BCUT2D eigenvalue weighted by Gasteiger charge is 2.23. The summed E-state index contributed by atoms with van der Waals surface area (Å²) in [6.45, 7) is 5.84. The molecule has 0 spiro atoms. The molecule has 1 aromatic rings. The number of nitrogens with zero attached hydrogens (tertiary/aromatic N) is 2. The van der Waals surface area contributed by atoms with E-state index in [4.69, 9.17) is 0 Å². The maximum atomic E-state index is 11.4. The summed E-state index contributed by atoms with van der Waals surface area (Å²) >= 11 is 1.60. The molecule has 17 heavy (non-hydrogen) atoms. The smallest absolute Gasteiger partial charge is 0.171 e. The van der Waals surface area contributed by atoms with Crippen LogP contribution in [0, 0.1) is 6.92 Å². The van der Waals surface area contributed by atoms with Crippen molar-refractivity contribution >= 4 is 34.1 Å². The van der Waals surface area contributed by atoms with Gasteiger partial charge in [-0.25, -0.2) is 4.98 Å². The van der Waals surface area contributed by atoms with E-state index in [1.165, 1.54) is 12.8 Å². The van der Waals surface area contributed by atoms with Gasteiger partial charge >= 0.3 is 0 Å². The van der Waals surface area contributed by atoms with E-state index < -0.39 is 0 Å². The first-order valence-electron chi connectivity index (χ1n) is 5.74. The van der Waals surface area contributed by atoms with Crippen LogP contribution in [0.5, 0.6) is 0 Å². The topological polar surface area (TPSA) is 33.2 Å². The van der Waals surface area contributed by atoms with Crippen LogP contribution in [0.25, 0.3) is 0 Å². The van der Waals surface area contributed by atoms with Crippen molar-refractivity contribution in [2.45, 2.75) is 32.6 Å². The van der Waals surface area contributed by atoms with Gasteiger partial charge in [-0.2, -0.15) is 0 Å². The molecule has 0 amide bonds. The molecule has 2 heterocycles. The average Bonchev–Trinajstić information content (AvgIpc) is 2.61. The van der Waals surface area contributed by atoms with Gasteiger partial charge < -0.3 is 4.90 Å². The fraction of sp³-hybridized carbons (Fsp3) is 0.667. The van der Waals surface area contributed by atoms with Crippen LogP contribution in [0.1, 0.15) is 46.1 Å². The Kier molecular flexibility index (Phi) is 5.28. The predicted octanol–water partition coefficient (Wildman–Crippen LogP) is 3.04. The molecular formula is C12H19BrN2OS. The normalized spacial score (nSPS) is 17.8. The number of carbonyl (C=O) groups is 1. The highest BCUT2D eigenvalue weighted by molar-refractivity contribution is 8.93. The maximum Gasteiger partial charge on any atom is 0.171 e. The molecule has 0 bridgehead atoms. The molecule has 0 radical (unpaired) electrons. The molecule has 0 aliphatic carbocycles. The van der Waals surface area contributed by atoms with Crippen molar-refractivity contribution in [3.8, 4) is 0 Å². The van der Waals surface area contributed by atoms with Gasteiger partial charge in [-0.15, -0.1) is 28.3 Å². The van der Waals surface area contributed by atoms with Crippen molar-refractivity contribution in [3.63, 3.8) is 0 Å². The van der Waals surface area contributed by atoms with E-state index in [1.807, 2.05) is 6.92 Å².